The molecule has 1 unspecified atom stereocenters. The molecule has 1 aromatic carbocycles. The third-order valence-electron chi connectivity index (χ3n) is 5.53. The molecule has 31 heavy (non-hydrogen) atoms. The van der Waals surface area contributed by atoms with E-state index >= 15 is 0 Å². The van der Waals surface area contributed by atoms with Gasteiger partial charge in [-0.05, 0) is 37.1 Å². The molecule has 0 saturated carbocycles. The van der Waals surface area contributed by atoms with Crippen LogP contribution in [0.5, 0.6) is 0 Å². The van der Waals surface area contributed by atoms with E-state index in [4.69, 9.17) is 4.42 Å². The van der Waals surface area contributed by atoms with Gasteiger partial charge in [-0.2, -0.15) is 0 Å². The minimum atomic E-state index is -0.723. The Kier molecular flexibility index (Phi) is 4.93. The van der Waals surface area contributed by atoms with E-state index in [1.165, 1.54) is 12.3 Å². The Morgan fingerprint density at radius 3 is 2.81 bits per heavy atom. The second kappa shape index (κ2) is 7.90. The molecule has 1 saturated heterocycles. The number of fused-ring (bicyclic) bond motifs is 1. The Morgan fingerprint density at radius 1 is 1.13 bits per heavy atom. The molecule has 1 aliphatic rings. The molecular weight excluding hydrogens is 404 g/mol. The van der Waals surface area contributed by atoms with Crippen LogP contribution in [0.1, 0.15) is 37.0 Å². The van der Waals surface area contributed by atoms with Gasteiger partial charge >= 0.3 is 0 Å². The van der Waals surface area contributed by atoms with Gasteiger partial charge in [-0.1, -0.05) is 12.1 Å². The van der Waals surface area contributed by atoms with E-state index < -0.39 is 11.6 Å². The van der Waals surface area contributed by atoms with E-state index in [1.54, 1.807) is 0 Å². The van der Waals surface area contributed by atoms with Crippen LogP contribution in [0.25, 0.3) is 17.0 Å². The van der Waals surface area contributed by atoms with Gasteiger partial charge in [0.25, 0.3) is 0 Å². The van der Waals surface area contributed by atoms with Crippen LogP contribution in [0, 0.1) is 11.6 Å². The van der Waals surface area contributed by atoms with E-state index in [0.29, 0.717) is 6.54 Å². The highest BCUT2D eigenvalue weighted by atomic mass is 19.1. The first-order chi connectivity index (χ1) is 15.1. The first-order valence-corrected chi connectivity index (χ1v) is 10.1. The van der Waals surface area contributed by atoms with E-state index in [-0.39, 0.29) is 42.0 Å². The van der Waals surface area contributed by atoms with E-state index in [1.807, 2.05) is 33.7 Å². The maximum absolute atomic E-state index is 14.0. The molecule has 0 aliphatic carbocycles. The Labute approximate surface area is 176 Å². The molecule has 5 rings (SSSR count). The molecule has 0 bridgehead atoms. The topological polar surface area (TPSA) is 76.5 Å². The SMILES string of the molecule is O=C(CCc1ncc(-c2c(F)cccc2F)o1)N1CCCC1c1nnc2ccccn12. The molecule has 1 amide bonds. The van der Waals surface area contributed by atoms with Crippen molar-refractivity contribution in [3.63, 3.8) is 0 Å². The fraction of sp³-hybridized carbons (Fsp3) is 0.273. The number of amides is 1. The van der Waals surface area contributed by atoms with Crippen LogP contribution in [-0.2, 0) is 11.2 Å². The number of carbonyl (C=O) groups excluding carboxylic acids is 1. The third kappa shape index (κ3) is 3.56. The number of hydrogen-bond donors (Lipinski definition) is 0. The first-order valence-electron chi connectivity index (χ1n) is 10.1. The number of halogens is 2. The summed E-state index contributed by atoms with van der Waals surface area (Å²) < 4.78 is 35.3. The summed E-state index contributed by atoms with van der Waals surface area (Å²) in [5.74, 6) is -0.484. The van der Waals surface area contributed by atoms with Crippen LogP contribution in [0.15, 0.2) is 53.2 Å². The molecule has 4 heterocycles. The number of nitrogens with zero attached hydrogens (tertiary/aromatic N) is 5. The lowest BCUT2D eigenvalue weighted by Crippen LogP contribution is -2.31. The largest absolute Gasteiger partial charge is 0.441 e. The number of benzene rings is 1. The van der Waals surface area contributed by atoms with Crippen molar-refractivity contribution in [1.82, 2.24) is 24.5 Å². The van der Waals surface area contributed by atoms with Gasteiger partial charge in [0, 0.05) is 25.6 Å². The molecule has 1 aliphatic heterocycles. The van der Waals surface area contributed by atoms with Gasteiger partial charge < -0.3 is 9.32 Å². The normalized spacial score (nSPS) is 16.3. The van der Waals surface area contributed by atoms with Gasteiger partial charge in [-0.3, -0.25) is 9.20 Å². The summed E-state index contributed by atoms with van der Waals surface area (Å²) in [5, 5.41) is 8.48. The maximum Gasteiger partial charge on any atom is 0.223 e. The average Bonchev–Trinajstić information content (AvgIpc) is 3.51. The molecule has 9 heteroatoms. The Bertz CT molecular complexity index is 1230. The number of oxazole rings is 1. The van der Waals surface area contributed by atoms with Crippen molar-refractivity contribution in [2.24, 2.45) is 0 Å². The lowest BCUT2D eigenvalue weighted by atomic mass is 10.1. The number of aromatic nitrogens is 4. The van der Waals surface area contributed by atoms with Gasteiger partial charge in [-0.15, -0.1) is 10.2 Å². The molecule has 0 radical (unpaired) electrons. The summed E-state index contributed by atoms with van der Waals surface area (Å²) in [5.41, 5.74) is 0.482. The minimum absolute atomic E-state index is 0.00651. The smallest absolute Gasteiger partial charge is 0.223 e. The zero-order valence-electron chi connectivity index (χ0n) is 16.5. The maximum atomic E-state index is 14.0. The highest BCUT2D eigenvalue weighted by Gasteiger charge is 2.33. The number of likely N-dealkylation sites (tertiary alicyclic amines) is 1. The summed E-state index contributed by atoms with van der Waals surface area (Å²) >= 11 is 0. The number of aryl methyl sites for hydroxylation is 1. The Morgan fingerprint density at radius 2 is 1.97 bits per heavy atom. The zero-order valence-corrected chi connectivity index (χ0v) is 16.5. The number of pyridine rings is 1. The first kappa shape index (κ1) is 19.3. The number of carbonyl (C=O) groups is 1. The van der Waals surface area contributed by atoms with Gasteiger partial charge in [0.05, 0.1) is 17.8 Å². The molecule has 1 fully saturated rings. The fourth-order valence-corrected chi connectivity index (χ4v) is 4.05. The van der Waals surface area contributed by atoms with Crippen molar-refractivity contribution in [1.29, 1.82) is 0 Å². The van der Waals surface area contributed by atoms with Crippen molar-refractivity contribution in [2.75, 3.05) is 6.54 Å². The van der Waals surface area contributed by atoms with Gasteiger partial charge in [-0.25, -0.2) is 13.8 Å². The third-order valence-corrected chi connectivity index (χ3v) is 5.53. The Hall–Kier alpha value is -3.62. The minimum Gasteiger partial charge on any atom is -0.441 e. The Balaban J connectivity index is 1.29. The predicted octanol–water partition coefficient (Wildman–Crippen LogP) is 3.96. The summed E-state index contributed by atoms with van der Waals surface area (Å²) in [7, 11) is 0. The lowest BCUT2D eigenvalue weighted by Gasteiger charge is -2.23. The van der Waals surface area contributed by atoms with Crippen molar-refractivity contribution in [2.45, 2.75) is 31.7 Å². The zero-order chi connectivity index (χ0) is 21.4. The standard InChI is InChI=1S/C22H19F2N5O2/c23-14-5-3-6-15(24)21(14)17-13-25-19(31-17)9-10-20(30)28-12-4-7-16(28)22-27-26-18-8-1-2-11-29(18)22/h1-3,5-6,8,11,13,16H,4,7,9-10,12H2. The molecule has 7 nitrogen and oxygen atoms in total. The number of hydrogen-bond acceptors (Lipinski definition) is 5. The summed E-state index contributed by atoms with van der Waals surface area (Å²) in [6, 6.07) is 9.13. The van der Waals surface area contributed by atoms with E-state index in [9.17, 15) is 13.6 Å². The second-order valence-electron chi connectivity index (χ2n) is 7.45. The van der Waals surface area contributed by atoms with Crippen LogP contribution < -0.4 is 0 Å². The summed E-state index contributed by atoms with van der Waals surface area (Å²) in [6.45, 7) is 0.641. The highest BCUT2D eigenvalue weighted by molar-refractivity contribution is 5.77. The quantitative estimate of drug-likeness (QED) is 0.486. The van der Waals surface area contributed by atoms with Crippen molar-refractivity contribution in [3.05, 3.63) is 72.1 Å². The van der Waals surface area contributed by atoms with Crippen LogP contribution in [-0.4, -0.2) is 36.9 Å². The van der Waals surface area contributed by atoms with Crippen LogP contribution in [0.2, 0.25) is 0 Å². The fourth-order valence-electron chi connectivity index (χ4n) is 4.05. The predicted molar refractivity (Wildman–Crippen MR) is 107 cm³/mol. The molecular formula is C22H19F2N5O2. The van der Waals surface area contributed by atoms with Gasteiger partial charge in [0.1, 0.15) is 11.6 Å². The van der Waals surface area contributed by atoms with Crippen LogP contribution in [0.4, 0.5) is 8.78 Å². The second-order valence-corrected chi connectivity index (χ2v) is 7.45. The molecule has 3 aromatic heterocycles. The van der Waals surface area contributed by atoms with Gasteiger partial charge in [0.2, 0.25) is 5.91 Å². The van der Waals surface area contributed by atoms with Crippen molar-refractivity contribution >= 4 is 11.6 Å². The van der Waals surface area contributed by atoms with Crippen LogP contribution in [0.3, 0.4) is 0 Å². The molecule has 4 aromatic rings. The van der Waals surface area contributed by atoms with E-state index in [2.05, 4.69) is 15.2 Å². The molecule has 0 spiro atoms. The highest BCUT2D eigenvalue weighted by Crippen LogP contribution is 2.32. The summed E-state index contributed by atoms with van der Waals surface area (Å²) in [4.78, 5) is 18.8. The molecule has 0 N–H and O–H groups in total. The summed E-state index contributed by atoms with van der Waals surface area (Å²) in [6.07, 6.45) is 5.28. The monoisotopic (exact) mass is 423 g/mol. The number of rotatable bonds is 5. The van der Waals surface area contributed by atoms with E-state index in [0.717, 1.165) is 36.4 Å². The molecule has 158 valence electrons. The lowest BCUT2D eigenvalue weighted by molar-refractivity contribution is -0.132. The van der Waals surface area contributed by atoms with Crippen molar-refractivity contribution in [3.8, 4) is 11.3 Å². The van der Waals surface area contributed by atoms with Gasteiger partial charge in [0.15, 0.2) is 23.1 Å². The van der Waals surface area contributed by atoms with Crippen molar-refractivity contribution < 1.29 is 18.0 Å². The van der Waals surface area contributed by atoms with Crippen LogP contribution >= 0.6 is 0 Å². The average molecular weight is 423 g/mol. The molecule has 1 atom stereocenters.